The van der Waals surface area contributed by atoms with E-state index in [0.29, 0.717) is 11.3 Å². The molecule has 0 aliphatic heterocycles. The third-order valence-electron chi connectivity index (χ3n) is 4.03. The van der Waals surface area contributed by atoms with Crippen LogP contribution in [0.4, 0.5) is 0 Å². The summed E-state index contributed by atoms with van der Waals surface area (Å²) in [7, 11) is 0. The molecule has 3 aromatic carbocycles. The fraction of sp³-hybridized carbons (Fsp3) is 0.143. The first-order valence-corrected chi connectivity index (χ1v) is 8.41. The van der Waals surface area contributed by atoms with Crippen molar-refractivity contribution in [3.63, 3.8) is 0 Å². The van der Waals surface area contributed by atoms with Gasteiger partial charge in [0.15, 0.2) is 6.61 Å². The highest BCUT2D eigenvalue weighted by molar-refractivity contribution is 6.02. The highest BCUT2D eigenvalue weighted by Gasteiger charge is 2.05. The van der Waals surface area contributed by atoms with Crippen LogP contribution in [0.5, 0.6) is 11.5 Å². The molecule has 3 aromatic rings. The summed E-state index contributed by atoms with van der Waals surface area (Å²) >= 11 is 0. The standard InChI is InChI=1S/C21H20N2O3/c1-2-15-7-10-17(11-8-15)26-14-21(25)23-22-13-19-18-6-4-3-5-16(18)9-12-20(19)24/h3-13,24H,2,14H2,1H3,(H,23,25)/b22-13+. The maximum Gasteiger partial charge on any atom is 0.277 e. The molecule has 0 aliphatic rings. The van der Waals surface area contributed by atoms with Gasteiger partial charge in [-0.25, -0.2) is 5.43 Å². The number of nitrogens with one attached hydrogen (secondary N) is 1. The Morgan fingerprint density at radius 3 is 2.65 bits per heavy atom. The highest BCUT2D eigenvalue weighted by atomic mass is 16.5. The van der Waals surface area contributed by atoms with Crippen molar-refractivity contribution in [1.29, 1.82) is 0 Å². The lowest BCUT2D eigenvalue weighted by Gasteiger charge is -2.06. The van der Waals surface area contributed by atoms with Gasteiger partial charge >= 0.3 is 0 Å². The SMILES string of the molecule is CCc1ccc(OCC(=O)N/N=C/c2c(O)ccc3ccccc23)cc1. The van der Waals surface area contributed by atoms with Crippen LogP contribution in [0.3, 0.4) is 0 Å². The first-order valence-electron chi connectivity index (χ1n) is 8.41. The molecule has 0 saturated heterocycles. The molecule has 1 amide bonds. The number of ether oxygens (including phenoxy) is 1. The quantitative estimate of drug-likeness (QED) is 0.528. The number of phenolic OH excluding ortho intramolecular Hbond substituents is 1. The number of phenols is 1. The van der Waals surface area contributed by atoms with Crippen molar-refractivity contribution in [3.05, 3.63) is 71.8 Å². The monoisotopic (exact) mass is 348 g/mol. The second-order valence-electron chi connectivity index (χ2n) is 5.80. The van der Waals surface area contributed by atoms with Crippen LogP contribution in [0.2, 0.25) is 0 Å². The summed E-state index contributed by atoms with van der Waals surface area (Å²) in [5, 5.41) is 15.8. The van der Waals surface area contributed by atoms with Crippen LogP contribution in [-0.2, 0) is 11.2 Å². The molecule has 3 rings (SSSR count). The molecule has 26 heavy (non-hydrogen) atoms. The van der Waals surface area contributed by atoms with Crippen molar-refractivity contribution in [3.8, 4) is 11.5 Å². The molecule has 2 N–H and O–H groups in total. The summed E-state index contributed by atoms with van der Waals surface area (Å²) in [4.78, 5) is 11.9. The van der Waals surface area contributed by atoms with Crippen LogP contribution in [0.25, 0.3) is 10.8 Å². The Morgan fingerprint density at radius 1 is 1.12 bits per heavy atom. The van der Waals surface area contributed by atoms with E-state index in [0.717, 1.165) is 17.2 Å². The van der Waals surface area contributed by atoms with Gasteiger partial charge in [-0.1, -0.05) is 49.4 Å². The van der Waals surface area contributed by atoms with Crippen LogP contribution >= 0.6 is 0 Å². The van der Waals surface area contributed by atoms with Crippen molar-refractivity contribution >= 4 is 22.9 Å². The molecule has 5 nitrogen and oxygen atoms in total. The van der Waals surface area contributed by atoms with Gasteiger partial charge in [0.05, 0.1) is 6.21 Å². The second kappa shape index (κ2) is 8.16. The number of hydrogen-bond donors (Lipinski definition) is 2. The number of nitrogens with zero attached hydrogens (tertiary/aromatic N) is 1. The molecular weight excluding hydrogens is 328 g/mol. The summed E-state index contributed by atoms with van der Waals surface area (Å²) in [6, 6.07) is 18.7. The predicted octanol–water partition coefficient (Wildman–Crippen LogP) is 3.64. The largest absolute Gasteiger partial charge is 0.507 e. The average Bonchev–Trinajstić information content (AvgIpc) is 2.68. The lowest BCUT2D eigenvalue weighted by molar-refractivity contribution is -0.123. The third-order valence-corrected chi connectivity index (χ3v) is 4.03. The van der Waals surface area contributed by atoms with E-state index in [1.807, 2.05) is 54.6 Å². The fourth-order valence-corrected chi connectivity index (χ4v) is 2.59. The number of hydrazone groups is 1. The smallest absolute Gasteiger partial charge is 0.277 e. The van der Waals surface area contributed by atoms with E-state index in [-0.39, 0.29) is 18.3 Å². The molecular formula is C21H20N2O3. The zero-order valence-corrected chi connectivity index (χ0v) is 14.5. The molecule has 0 aliphatic carbocycles. The summed E-state index contributed by atoms with van der Waals surface area (Å²) in [5.41, 5.74) is 4.17. The Morgan fingerprint density at radius 2 is 1.88 bits per heavy atom. The third kappa shape index (κ3) is 4.19. The Bertz CT molecular complexity index is 934. The minimum absolute atomic E-state index is 0.106. The zero-order chi connectivity index (χ0) is 18.4. The Hall–Kier alpha value is -3.34. The van der Waals surface area contributed by atoms with Gasteiger partial charge in [0.1, 0.15) is 11.5 Å². The fourth-order valence-electron chi connectivity index (χ4n) is 2.59. The van der Waals surface area contributed by atoms with Gasteiger partial charge in [0.25, 0.3) is 5.91 Å². The maximum absolute atomic E-state index is 11.9. The van der Waals surface area contributed by atoms with E-state index in [9.17, 15) is 9.90 Å². The second-order valence-corrected chi connectivity index (χ2v) is 5.80. The topological polar surface area (TPSA) is 70.9 Å². The molecule has 0 bridgehead atoms. The molecule has 132 valence electrons. The van der Waals surface area contributed by atoms with E-state index in [1.165, 1.54) is 11.8 Å². The molecule has 0 radical (unpaired) electrons. The van der Waals surface area contributed by atoms with E-state index >= 15 is 0 Å². The Balaban J connectivity index is 1.60. The maximum atomic E-state index is 11.9. The summed E-state index contributed by atoms with van der Waals surface area (Å²) in [6.45, 7) is 1.94. The van der Waals surface area contributed by atoms with Crippen molar-refractivity contribution in [2.24, 2.45) is 5.10 Å². The normalized spacial score (nSPS) is 11.0. The van der Waals surface area contributed by atoms with E-state index in [2.05, 4.69) is 17.5 Å². The molecule has 0 spiro atoms. The Labute approximate surface area is 151 Å². The van der Waals surface area contributed by atoms with Gasteiger partial charge in [-0.05, 0) is 41.0 Å². The van der Waals surface area contributed by atoms with Crippen molar-refractivity contribution < 1.29 is 14.6 Å². The van der Waals surface area contributed by atoms with Crippen molar-refractivity contribution in [2.75, 3.05) is 6.61 Å². The van der Waals surface area contributed by atoms with Crippen LogP contribution in [-0.4, -0.2) is 23.8 Å². The molecule has 0 aromatic heterocycles. The van der Waals surface area contributed by atoms with Gasteiger partial charge in [-0.2, -0.15) is 5.10 Å². The van der Waals surface area contributed by atoms with E-state index in [4.69, 9.17) is 4.74 Å². The summed E-state index contributed by atoms with van der Waals surface area (Å²) < 4.78 is 5.43. The molecule has 0 unspecified atom stereocenters. The number of fused-ring (bicyclic) bond motifs is 1. The number of aromatic hydroxyl groups is 1. The molecule has 5 heteroatoms. The van der Waals surface area contributed by atoms with Gasteiger partial charge < -0.3 is 9.84 Å². The summed E-state index contributed by atoms with van der Waals surface area (Å²) in [6.07, 6.45) is 2.39. The minimum atomic E-state index is -0.374. The van der Waals surface area contributed by atoms with E-state index in [1.54, 1.807) is 6.07 Å². The van der Waals surface area contributed by atoms with Crippen LogP contribution in [0.1, 0.15) is 18.1 Å². The van der Waals surface area contributed by atoms with Gasteiger partial charge in [0.2, 0.25) is 0 Å². The van der Waals surface area contributed by atoms with Gasteiger partial charge in [0, 0.05) is 5.56 Å². The van der Waals surface area contributed by atoms with Gasteiger partial charge in [-0.3, -0.25) is 4.79 Å². The number of rotatable bonds is 6. The predicted molar refractivity (Wildman–Crippen MR) is 103 cm³/mol. The first kappa shape index (κ1) is 17.5. The molecule has 0 atom stereocenters. The number of carbonyl (C=O) groups is 1. The molecule has 0 saturated carbocycles. The zero-order valence-electron chi connectivity index (χ0n) is 14.5. The van der Waals surface area contributed by atoms with E-state index < -0.39 is 0 Å². The number of hydrogen-bond acceptors (Lipinski definition) is 4. The first-order chi connectivity index (χ1) is 12.7. The molecule has 0 fully saturated rings. The van der Waals surface area contributed by atoms with Crippen LogP contribution in [0, 0.1) is 0 Å². The number of amides is 1. The lowest BCUT2D eigenvalue weighted by atomic mass is 10.0. The van der Waals surface area contributed by atoms with Crippen LogP contribution < -0.4 is 10.2 Å². The highest BCUT2D eigenvalue weighted by Crippen LogP contribution is 2.25. The Kier molecular flexibility index (Phi) is 5.49. The van der Waals surface area contributed by atoms with Crippen molar-refractivity contribution in [2.45, 2.75) is 13.3 Å². The lowest BCUT2D eigenvalue weighted by Crippen LogP contribution is -2.24. The minimum Gasteiger partial charge on any atom is -0.507 e. The number of aryl methyl sites for hydroxylation is 1. The number of benzene rings is 3. The van der Waals surface area contributed by atoms with Gasteiger partial charge in [-0.15, -0.1) is 0 Å². The average molecular weight is 348 g/mol. The van der Waals surface area contributed by atoms with Crippen LogP contribution in [0.15, 0.2) is 65.8 Å². The van der Waals surface area contributed by atoms with Crippen molar-refractivity contribution in [1.82, 2.24) is 5.43 Å². The summed E-state index contributed by atoms with van der Waals surface area (Å²) in [5.74, 6) is 0.363. The number of carbonyl (C=O) groups excluding carboxylic acids is 1. The molecule has 0 heterocycles.